The lowest BCUT2D eigenvalue weighted by molar-refractivity contribution is -0.122. The van der Waals surface area contributed by atoms with Gasteiger partial charge in [0.15, 0.2) is 11.3 Å². The van der Waals surface area contributed by atoms with Crippen LogP contribution in [0.15, 0.2) is 59.8 Å². The molecule has 0 aliphatic rings. The number of imidazole rings is 1. The number of rotatable bonds is 7. The first-order valence-corrected chi connectivity index (χ1v) is 11.0. The van der Waals surface area contributed by atoms with Gasteiger partial charge < -0.3 is 5.32 Å². The standard InChI is InChI=1S/C20H20Cl3N3OS/c1-2-8-17(27)25-18(20(21,22)23)26-16-12-7-6-11-15(16)24-19(26)28-13-14-9-4-3-5-10-14/h3-7,9-12,18H,2,8,13H2,1H3,(H,25,27)/t18-/m0/s1. The maximum Gasteiger partial charge on any atom is 0.229 e. The van der Waals surface area contributed by atoms with Crippen molar-refractivity contribution in [2.24, 2.45) is 0 Å². The maximum absolute atomic E-state index is 12.3. The second-order valence-corrected chi connectivity index (χ2v) is 9.60. The summed E-state index contributed by atoms with van der Waals surface area (Å²) in [7, 11) is 0. The average Bonchev–Trinajstić information content (AvgIpc) is 3.02. The summed E-state index contributed by atoms with van der Waals surface area (Å²) in [6.07, 6.45) is 0.192. The number of benzene rings is 2. The Kier molecular flexibility index (Phi) is 7.15. The number of carbonyl (C=O) groups is 1. The number of halogens is 3. The van der Waals surface area contributed by atoms with Crippen molar-refractivity contribution in [3.05, 3.63) is 60.2 Å². The van der Waals surface area contributed by atoms with Gasteiger partial charge in [-0.15, -0.1) is 0 Å². The molecule has 1 aromatic heterocycles. The molecule has 148 valence electrons. The minimum atomic E-state index is -1.74. The third-order valence-electron chi connectivity index (χ3n) is 4.12. The molecule has 3 aromatic rings. The van der Waals surface area contributed by atoms with E-state index in [2.05, 4.69) is 17.4 Å². The summed E-state index contributed by atoms with van der Waals surface area (Å²) in [5.41, 5.74) is 2.74. The van der Waals surface area contributed by atoms with E-state index in [0.29, 0.717) is 23.8 Å². The molecule has 28 heavy (non-hydrogen) atoms. The van der Waals surface area contributed by atoms with E-state index in [9.17, 15) is 4.79 Å². The number of alkyl halides is 3. The van der Waals surface area contributed by atoms with Crippen molar-refractivity contribution in [3.8, 4) is 0 Å². The molecule has 0 fully saturated rings. The van der Waals surface area contributed by atoms with E-state index in [0.717, 1.165) is 16.6 Å². The predicted molar refractivity (Wildman–Crippen MR) is 118 cm³/mol. The molecular formula is C20H20Cl3N3OS. The maximum atomic E-state index is 12.3. The molecule has 1 atom stereocenters. The first kappa shape index (κ1) is 21.3. The fraction of sp³-hybridized carbons (Fsp3) is 0.300. The van der Waals surface area contributed by atoms with Gasteiger partial charge in [0.05, 0.1) is 11.0 Å². The quantitative estimate of drug-likeness (QED) is 0.344. The third kappa shape index (κ3) is 5.15. The molecule has 4 nitrogen and oxygen atoms in total. The van der Waals surface area contributed by atoms with Gasteiger partial charge in [-0.3, -0.25) is 9.36 Å². The molecule has 1 N–H and O–H groups in total. The van der Waals surface area contributed by atoms with E-state index in [1.165, 1.54) is 11.8 Å². The Balaban J connectivity index is 2.01. The second-order valence-electron chi connectivity index (χ2n) is 6.29. The molecule has 0 saturated heterocycles. The Morgan fingerprint density at radius 3 is 2.50 bits per heavy atom. The van der Waals surface area contributed by atoms with Crippen LogP contribution in [0.4, 0.5) is 0 Å². The zero-order chi connectivity index (χ0) is 20.1. The summed E-state index contributed by atoms with van der Waals surface area (Å²) in [4.78, 5) is 17.0. The normalized spacial score (nSPS) is 12.9. The smallest absolute Gasteiger partial charge is 0.229 e. The van der Waals surface area contributed by atoms with Crippen LogP contribution in [-0.4, -0.2) is 19.3 Å². The van der Waals surface area contributed by atoms with E-state index in [1.54, 1.807) is 0 Å². The van der Waals surface area contributed by atoms with E-state index in [-0.39, 0.29) is 5.91 Å². The first-order chi connectivity index (χ1) is 13.4. The van der Waals surface area contributed by atoms with Crippen molar-refractivity contribution in [1.82, 2.24) is 14.9 Å². The van der Waals surface area contributed by atoms with Crippen LogP contribution in [-0.2, 0) is 10.5 Å². The zero-order valence-corrected chi connectivity index (χ0v) is 18.3. The van der Waals surface area contributed by atoms with E-state index >= 15 is 0 Å². The van der Waals surface area contributed by atoms with Crippen LogP contribution >= 0.6 is 46.6 Å². The molecule has 0 aliphatic carbocycles. The van der Waals surface area contributed by atoms with Crippen molar-refractivity contribution in [2.75, 3.05) is 0 Å². The molecule has 0 radical (unpaired) electrons. The van der Waals surface area contributed by atoms with Crippen LogP contribution in [0.5, 0.6) is 0 Å². The average molecular weight is 457 g/mol. The molecule has 2 aromatic carbocycles. The van der Waals surface area contributed by atoms with Gasteiger partial charge in [-0.2, -0.15) is 0 Å². The fourth-order valence-corrected chi connectivity index (χ4v) is 4.29. The summed E-state index contributed by atoms with van der Waals surface area (Å²) in [6.45, 7) is 1.93. The number of hydrogen-bond donors (Lipinski definition) is 1. The third-order valence-corrected chi connectivity index (χ3v) is 5.76. The molecule has 0 aliphatic heterocycles. The number of hydrogen-bond acceptors (Lipinski definition) is 3. The molecule has 1 amide bonds. The zero-order valence-electron chi connectivity index (χ0n) is 15.2. The minimum Gasteiger partial charge on any atom is -0.332 e. The number of amides is 1. The lowest BCUT2D eigenvalue weighted by Gasteiger charge is -2.28. The highest BCUT2D eigenvalue weighted by molar-refractivity contribution is 7.98. The topological polar surface area (TPSA) is 46.9 Å². The van der Waals surface area contributed by atoms with Crippen molar-refractivity contribution in [2.45, 2.75) is 40.6 Å². The monoisotopic (exact) mass is 455 g/mol. The summed E-state index contributed by atoms with van der Waals surface area (Å²) >= 11 is 20.4. The van der Waals surface area contributed by atoms with Crippen LogP contribution in [0.1, 0.15) is 31.5 Å². The van der Waals surface area contributed by atoms with Crippen molar-refractivity contribution < 1.29 is 4.79 Å². The second kappa shape index (κ2) is 9.40. The Morgan fingerprint density at radius 2 is 1.82 bits per heavy atom. The predicted octanol–water partition coefficient (Wildman–Crippen LogP) is 6.11. The van der Waals surface area contributed by atoms with Gasteiger partial charge in [-0.05, 0) is 24.1 Å². The summed E-state index contributed by atoms with van der Waals surface area (Å²) in [5, 5.41) is 3.54. The van der Waals surface area contributed by atoms with E-state index < -0.39 is 9.96 Å². The van der Waals surface area contributed by atoms with Gasteiger partial charge >= 0.3 is 0 Å². The van der Waals surface area contributed by atoms with Crippen molar-refractivity contribution >= 4 is 63.5 Å². The molecule has 0 saturated carbocycles. The number of nitrogens with zero attached hydrogens (tertiary/aromatic N) is 2. The molecule has 0 spiro atoms. The number of carbonyl (C=O) groups excluding carboxylic acids is 1. The fourth-order valence-electron chi connectivity index (χ4n) is 2.84. The van der Waals surface area contributed by atoms with Crippen LogP contribution in [0, 0.1) is 0 Å². The van der Waals surface area contributed by atoms with Gasteiger partial charge in [-0.1, -0.05) is 96.0 Å². The highest BCUT2D eigenvalue weighted by Crippen LogP contribution is 2.41. The molecule has 8 heteroatoms. The van der Waals surface area contributed by atoms with Crippen LogP contribution < -0.4 is 5.32 Å². The van der Waals surface area contributed by atoms with Gasteiger partial charge in [0.25, 0.3) is 0 Å². The van der Waals surface area contributed by atoms with Crippen LogP contribution in [0.3, 0.4) is 0 Å². The van der Waals surface area contributed by atoms with Gasteiger partial charge in [0.2, 0.25) is 9.70 Å². The Morgan fingerprint density at radius 1 is 1.14 bits per heavy atom. The number of nitrogens with one attached hydrogen (secondary N) is 1. The summed E-state index contributed by atoms with van der Waals surface area (Å²) < 4.78 is 0.0679. The number of aromatic nitrogens is 2. The Labute approximate surface area is 183 Å². The van der Waals surface area contributed by atoms with Gasteiger partial charge in [-0.25, -0.2) is 4.98 Å². The molecule has 1 heterocycles. The van der Waals surface area contributed by atoms with E-state index in [1.807, 2.05) is 54.0 Å². The van der Waals surface area contributed by atoms with Crippen molar-refractivity contribution in [1.29, 1.82) is 0 Å². The SMILES string of the molecule is CCCC(=O)N[C@@H](n1c(SCc2ccccc2)nc2ccccc21)C(Cl)(Cl)Cl. The van der Waals surface area contributed by atoms with Gasteiger partial charge in [0, 0.05) is 12.2 Å². The largest absolute Gasteiger partial charge is 0.332 e. The van der Waals surface area contributed by atoms with Gasteiger partial charge in [0.1, 0.15) is 0 Å². The lowest BCUT2D eigenvalue weighted by atomic mass is 10.2. The number of thioether (sulfide) groups is 1. The van der Waals surface area contributed by atoms with Crippen LogP contribution in [0.2, 0.25) is 0 Å². The Bertz CT molecular complexity index is 941. The van der Waals surface area contributed by atoms with E-state index in [4.69, 9.17) is 39.8 Å². The highest BCUT2D eigenvalue weighted by atomic mass is 35.6. The lowest BCUT2D eigenvalue weighted by Crippen LogP contribution is -2.40. The molecule has 3 rings (SSSR count). The molecule has 0 bridgehead atoms. The molecular weight excluding hydrogens is 437 g/mol. The highest BCUT2D eigenvalue weighted by Gasteiger charge is 2.37. The Hall–Kier alpha value is -1.40. The van der Waals surface area contributed by atoms with Crippen molar-refractivity contribution in [3.63, 3.8) is 0 Å². The number of fused-ring (bicyclic) bond motifs is 1. The summed E-state index contributed by atoms with van der Waals surface area (Å²) in [6, 6.07) is 17.7. The summed E-state index contributed by atoms with van der Waals surface area (Å²) in [5.74, 6) is 0.537. The first-order valence-electron chi connectivity index (χ1n) is 8.90. The molecule has 0 unspecified atom stereocenters. The number of para-hydroxylation sites is 2. The van der Waals surface area contributed by atoms with Crippen LogP contribution in [0.25, 0.3) is 11.0 Å². The minimum absolute atomic E-state index is 0.171.